The van der Waals surface area contributed by atoms with Gasteiger partial charge in [0.25, 0.3) is 0 Å². The zero-order valence-corrected chi connectivity index (χ0v) is 11.6. The van der Waals surface area contributed by atoms with E-state index in [1.165, 1.54) is 0 Å². The molecule has 0 atom stereocenters. The first kappa shape index (κ1) is 13.7. The molecule has 20 heavy (non-hydrogen) atoms. The van der Waals surface area contributed by atoms with E-state index in [2.05, 4.69) is 0 Å². The summed E-state index contributed by atoms with van der Waals surface area (Å²) in [7, 11) is 3.42. The van der Waals surface area contributed by atoms with Crippen molar-refractivity contribution in [2.75, 3.05) is 35.4 Å². The molecule has 0 aliphatic carbocycles. The van der Waals surface area contributed by atoms with E-state index < -0.39 is 0 Å². The molecule has 5 nitrogen and oxygen atoms in total. The average Bonchev–Trinajstić information content (AvgIpc) is 2.45. The Balaban J connectivity index is 2.22. The van der Waals surface area contributed by atoms with Gasteiger partial charge in [0.2, 0.25) is 0 Å². The topological polar surface area (TPSA) is 75.6 Å². The lowest BCUT2D eigenvalue weighted by Gasteiger charge is -2.25. The average molecular weight is 270 g/mol. The first-order valence-corrected chi connectivity index (χ1v) is 6.21. The van der Waals surface area contributed by atoms with Crippen molar-refractivity contribution in [3.63, 3.8) is 0 Å². The highest BCUT2D eigenvalue weighted by molar-refractivity contribution is 6.03. The number of nitrogens with zero attached hydrogens (tertiary/aromatic N) is 2. The Kier molecular flexibility index (Phi) is 3.79. The summed E-state index contributed by atoms with van der Waals surface area (Å²) in [5, 5.41) is 0. The summed E-state index contributed by atoms with van der Waals surface area (Å²) < 4.78 is 0. The van der Waals surface area contributed by atoms with Gasteiger partial charge in [-0.2, -0.15) is 0 Å². The van der Waals surface area contributed by atoms with Gasteiger partial charge < -0.3 is 11.5 Å². The highest BCUT2D eigenvalue weighted by Crippen LogP contribution is 2.21. The molecule has 0 aromatic heterocycles. The predicted octanol–water partition coefficient (Wildman–Crippen LogP) is 2.54. The first-order valence-electron chi connectivity index (χ1n) is 6.21. The molecule has 104 valence electrons. The third kappa shape index (κ3) is 2.83. The number of rotatable bonds is 2. The van der Waals surface area contributed by atoms with Crippen molar-refractivity contribution in [3.05, 3.63) is 48.5 Å². The van der Waals surface area contributed by atoms with Crippen LogP contribution in [0.3, 0.4) is 0 Å². The molecule has 0 fully saturated rings. The van der Waals surface area contributed by atoms with Gasteiger partial charge in [0.05, 0.1) is 0 Å². The fourth-order valence-electron chi connectivity index (χ4n) is 1.91. The Morgan fingerprint density at radius 3 is 1.60 bits per heavy atom. The van der Waals surface area contributed by atoms with Crippen molar-refractivity contribution in [2.24, 2.45) is 0 Å². The normalized spacial score (nSPS) is 10.1. The van der Waals surface area contributed by atoms with Gasteiger partial charge in [-0.05, 0) is 36.4 Å². The molecule has 2 rings (SSSR count). The van der Waals surface area contributed by atoms with Crippen LogP contribution in [-0.2, 0) is 0 Å². The van der Waals surface area contributed by atoms with Gasteiger partial charge in [-0.15, -0.1) is 0 Å². The maximum Gasteiger partial charge on any atom is 0.328 e. The maximum absolute atomic E-state index is 12.4. The number of hydrogen-bond acceptors (Lipinski definition) is 3. The van der Waals surface area contributed by atoms with Crippen LogP contribution in [0.2, 0.25) is 0 Å². The van der Waals surface area contributed by atoms with Crippen LogP contribution < -0.4 is 21.3 Å². The minimum absolute atomic E-state index is 0.166. The third-order valence-corrected chi connectivity index (χ3v) is 3.09. The summed E-state index contributed by atoms with van der Waals surface area (Å²) in [5.74, 6) is 0. The SMILES string of the molecule is CN(C(=O)N(C)c1cccc(N)c1)c1cccc(N)c1. The number of nitrogens with two attached hydrogens (primary N) is 2. The summed E-state index contributed by atoms with van der Waals surface area (Å²) in [6, 6.07) is 14.2. The van der Waals surface area contributed by atoms with E-state index in [4.69, 9.17) is 11.5 Å². The van der Waals surface area contributed by atoms with Gasteiger partial charge >= 0.3 is 6.03 Å². The molecule has 2 aromatic rings. The van der Waals surface area contributed by atoms with Crippen molar-refractivity contribution < 1.29 is 4.79 Å². The molecular formula is C15H18N4O. The minimum atomic E-state index is -0.166. The summed E-state index contributed by atoms with van der Waals surface area (Å²) in [6.45, 7) is 0. The van der Waals surface area contributed by atoms with Gasteiger partial charge in [0.15, 0.2) is 0 Å². The second-order valence-electron chi connectivity index (χ2n) is 4.59. The van der Waals surface area contributed by atoms with Crippen molar-refractivity contribution in [1.82, 2.24) is 0 Å². The zero-order valence-electron chi connectivity index (χ0n) is 11.6. The predicted molar refractivity (Wildman–Crippen MR) is 83.9 cm³/mol. The van der Waals surface area contributed by atoms with Crippen LogP contribution in [0.4, 0.5) is 27.5 Å². The summed E-state index contributed by atoms with van der Waals surface area (Å²) in [5.41, 5.74) is 14.2. The van der Waals surface area contributed by atoms with Crippen LogP contribution >= 0.6 is 0 Å². The lowest BCUT2D eigenvalue weighted by Crippen LogP contribution is -2.38. The molecule has 0 radical (unpaired) electrons. The van der Waals surface area contributed by atoms with Crippen LogP contribution in [0.1, 0.15) is 0 Å². The molecule has 5 heteroatoms. The molecule has 2 amide bonds. The van der Waals surface area contributed by atoms with Crippen molar-refractivity contribution >= 4 is 28.8 Å². The molecule has 0 saturated carbocycles. The Bertz CT molecular complexity index is 573. The number of carbonyl (C=O) groups is 1. The number of anilines is 4. The molecule has 4 N–H and O–H groups in total. The highest BCUT2D eigenvalue weighted by atomic mass is 16.2. The molecule has 0 spiro atoms. The highest BCUT2D eigenvalue weighted by Gasteiger charge is 2.17. The molecule has 2 aromatic carbocycles. The molecular weight excluding hydrogens is 252 g/mol. The Morgan fingerprint density at radius 2 is 1.25 bits per heavy atom. The molecule has 0 aliphatic rings. The molecule has 0 bridgehead atoms. The number of benzene rings is 2. The van der Waals surface area contributed by atoms with E-state index in [-0.39, 0.29) is 6.03 Å². The van der Waals surface area contributed by atoms with Crippen molar-refractivity contribution in [1.29, 1.82) is 0 Å². The standard InChI is InChI=1S/C15H18N4O/c1-18(13-7-3-5-11(16)9-13)15(20)19(2)14-8-4-6-12(17)10-14/h3-10H,16-17H2,1-2H3. The van der Waals surface area contributed by atoms with Crippen LogP contribution in [0.15, 0.2) is 48.5 Å². The number of carbonyl (C=O) groups excluding carboxylic acids is 1. The van der Waals surface area contributed by atoms with Gasteiger partial charge in [0.1, 0.15) is 0 Å². The number of urea groups is 1. The Morgan fingerprint density at radius 1 is 0.850 bits per heavy atom. The fraction of sp³-hybridized carbons (Fsp3) is 0.133. The summed E-state index contributed by atoms with van der Waals surface area (Å²) >= 11 is 0. The van der Waals surface area contributed by atoms with E-state index in [1.807, 2.05) is 24.3 Å². The molecule has 0 unspecified atom stereocenters. The van der Waals surface area contributed by atoms with Crippen LogP contribution in [-0.4, -0.2) is 20.1 Å². The second-order valence-corrected chi connectivity index (χ2v) is 4.59. The quantitative estimate of drug-likeness (QED) is 0.823. The Hall–Kier alpha value is -2.69. The Labute approximate surface area is 118 Å². The summed E-state index contributed by atoms with van der Waals surface area (Å²) in [4.78, 5) is 15.5. The smallest absolute Gasteiger partial charge is 0.328 e. The molecule has 0 aliphatic heterocycles. The number of hydrogen-bond donors (Lipinski definition) is 2. The fourth-order valence-corrected chi connectivity index (χ4v) is 1.91. The van der Waals surface area contributed by atoms with E-state index in [9.17, 15) is 4.79 Å². The monoisotopic (exact) mass is 270 g/mol. The van der Waals surface area contributed by atoms with E-state index in [0.717, 1.165) is 11.4 Å². The van der Waals surface area contributed by atoms with E-state index in [1.54, 1.807) is 48.2 Å². The first-order chi connectivity index (χ1) is 9.49. The summed E-state index contributed by atoms with van der Waals surface area (Å²) in [6.07, 6.45) is 0. The van der Waals surface area contributed by atoms with Crippen molar-refractivity contribution in [2.45, 2.75) is 0 Å². The second kappa shape index (κ2) is 5.52. The van der Waals surface area contributed by atoms with Gasteiger partial charge in [-0.3, -0.25) is 9.80 Å². The molecule has 0 heterocycles. The lowest BCUT2D eigenvalue weighted by molar-refractivity contribution is 0.253. The molecule has 0 saturated heterocycles. The van der Waals surface area contributed by atoms with Crippen molar-refractivity contribution in [3.8, 4) is 0 Å². The third-order valence-electron chi connectivity index (χ3n) is 3.09. The van der Waals surface area contributed by atoms with Crippen LogP contribution in [0.25, 0.3) is 0 Å². The van der Waals surface area contributed by atoms with Gasteiger partial charge in [-0.25, -0.2) is 4.79 Å². The lowest BCUT2D eigenvalue weighted by atomic mass is 10.2. The van der Waals surface area contributed by atoms with E-state index >= 15 is 0 Å². The maximum atomic E-state index is 12.4. The van der Waals surface area contributed by atoms with Gasteiger partial charge in [0, 0.05) is 36.8 Å². The number of amides is 2. The van der Waals surface area contributed by atoms with Crippen LogP contribution in [0.5, 0.6) is 0 Å². The van der Waals surface area contributed by atoms with E-state index in [0.29, 0.717) is 11.4 Å². The zero-order chi connectivity index (χ0) is 14.7. The minimum Gasteiger partial charge on any atom is -0.399 e. The van der Waals surface area contributed by atoms with Gasteiger partial charge in [-0.1, -0.05) is 12.1 Å². The largest absolute Gasteiger partial charge is 0.399 e. The van der Waals surface area contributed by atoms with Crippen LogP contribution in [0, 0.1) is 0 Å². The number of nitrogen functional groups attached to an aromatic ring is 2.